The van der Waals surface area contributed by atoms with Gasteiger partial charge in [0.25, 0.3) is 0 Å². The highest BCUT2D eigenvalue weighted by Gasteiger charge is 2.34. The number of rotatable bonds is 3. The second-order valence-electron chi connectivity index (χ2n) is 5.50. The largest absolute Gasteiger partial charge is 0.416 e. The molecule has 0 saturated heterocycles. The van der Waals surface area contributed by atoms with Gasteiger partial charge in [-0.1, -0.05) is 35.9 Å². The van der Waals surface area contributed by atoms with Crippen LogP contribution in [-0.4, -0.2) is 22.2 Å². The average molecular weight is 439 g/mol. The maximum Gasteiger partial charge on any atom is 0.416 e. The molecule has 126 valence electrons. The Labute approximate surface area is 146 Å². The van der Waals surface area contributed by atoms with Gasteiger partial charge in [0, 0.05) is 18.5 Å². The number of hydrogen-bond acceptors (Lipinski definition) is 2. The number of ketones is 1. The normalized spacial score (nSPS) is 16.7. The summed E-state index contributed by atoms with van der Waals surface area (Å²) in [4.78, 5) is 26.1. The Balaban J connectivity index is 2.49. The first-order valence-electron chi connectivity index (χ1n) is 7.45. The minimum atomic E-state index is -4.51. The van der Waals surface area contributed by atoms with Crippen molar-refractivity contribution < 1.29 is 22.8 Å². The van der Waals surface area contributed by atoms with Gasteiger partial charge in [-0.2, -0.15) is 13.2 Å². The number of anilines is 1. The molecular weight excluding hydrogens is 422 g/mol. The summed E-state index contributed by atoms with van der Waals surface area (Å²) >= 11 is 2.01. The number of halogens is 4. The van der Waals surface area contributed by atoms with Gasteiger partial charge in [-0.15, -0.1) is 0 Å². The van der Waals surface area contributed by atoms with Crippen LogP contribution in [-0.2, 0) is 11.0 Å². The molecule has 1 amide bonds. The second-order valence-corrected chi connectivity index (χ2v) is 7.01. The lowest BCUT2D eigenvalue weighted by Gasteiger charge is -2.25. The summed E-state index contributed by atoms with van der Waals surface area (Å²) in [7, 11) is 0. The van der Waals surface area contributed by atoms with Gasteiger partial charge in [0.1, 0.15) is 0 Å². The molecule has 1 heterocycles. The molecule has 0 saturated carbocycles. The molecule has 2 rings (SSSR count). The summed E-state index contributed by atoms with van der Waals surface area (Å²) < 4.78 is 38.6. The molecule has 1 atom stereocenters. The van der Waals surface area contributed by atoms with Crippen molar-refractivity contribution in [2.75, 3.05) is 11.4 Å². The highest BCUT2D eigenvalue weighted by molar-refractivity contribution is 14.1. The number of amides is 1. The molecule has 7 heteroatoms. The topological polar surface area (TPSA) is 37.4 Å². The summed E-state index contributed by atoms with van der Waals surface area (Å²) in [6.45, 7) is 2.21. The molecule has 1 aliphatic heterocycles. The Morgan fingerprint density at radius 1 is 1.39 bits per heavy atom. The molecule has 1 aromatic rings. The fourth-order valence-electron chi connectivity index (χ4n) is 2.59. The maximum atomic E-state index is 13.0. The Morgan fingerprint density at radius 3 is 2.70 bits per heavy atom. The first-order chi connectivity index (χ1) is 10.8. The van der Waals surface area contributed by atoms with Crippen LogP contribution >= 0.6 is 22.6 Å². The molecule has 0 N–H and O–H groups in total. The van der Waals surface area contributed by atoms with E-state index in [0.29, 0.717) is 12.8 Å². The monoisotopic (exact) mass is 439 g/mol. The van der Waals surface area contributed by atoms with Gasteiger partial charge in [-0.05, 0) is 31.0 Å². The first-order valence-corrected chi connectivity index (χ1v) is 8.70. The minimum Gasteiger partial charge on any atom is -0.311 e. The van der Waals surface area contributed by atoms with Crippen molar-refractivity contribution in [1.82, 2.24) is 0 Å². The number of fused-ring (bicyclic) bond motifs is 1. The maximum absolute atomic E-state index is 13.0. The molecule has 0 aromatic heterocycles. The number of nitrogens with zero attached hydrogens (tertiary/aromatic N) is 1. The fourth-order valence-corrected chi connectivity index (χ4v) is 3.55. The molecule has 3 nitrogen and oxygen atoms in total. The van der Waals surface area contributed by atoms with Crippen LogP contribution in [0.3, 0.4) is 0 Å². The Morgan fingerprint density at radius 2 is 2.09 bits per heavy atom. The van der Waals surface area contributed by atoms with Crippen LogP contribution < -0.4 is 4.90 Å². The number of carbonyl (C=O) groups excluding carboxylic acids is 2. The zero-order valence-corrected chi connectivity index (χ0v) is 14.8. The molecule has 0 bridgehead atoms. The zero-order chi connectivity index (χ0) is 17.2. The molecule has 1 unspecified atom stereocenters. The predicted molar refractivity (Wildman–Crippen MR) is 90.1 cm³/mol. The van der Waals surface area contributed by atoms with E-state index in [0.717, 1.165) is 18.6 Å². The van der Waals surface area contributed by atoms with Gasteiger partial charge in [0.2, 0.25) is 5.91 Å². The summed E-state index contributed by atoms with van der Waals surface area (Å²) in [5.74, 6) is -0.452. The third kappa shape index (κ3) is 4.05. The van der Waals surface area contributed by atoms with E-state index in [9.17, 15) is 22.8 Å². The van der Waals surface area contributed by atoms with E-state index in [4.69, 9.17) is 0 Å². The summed E-state index contributed by atoms with van der Waals surface area (Å²) in [5, 5.41) is 0. The van der Waals surface area contributed by atoms with Gasteiger partial charge in [-0.25, -0.2) is 0 Å². The van der Waals surface area contributed by atoms with Crippen LogP contribution in [0.4, 0.5) is 18.9 Å². The molecule has 1 aliphatic rings. The van der Waals surface area contributed by atoms with Crippen LogP contribution in [0, 0.1) is 0 Å². The number of carbonyl (C=O) groups is 2. The van der Waals surface area contributed by atoms with Crippen molar-refractivity contribution in [3.8, 4) is 0 Å². The molecular formula is C16H17F3INO2. The Kier molecular flexibility index (Phi) is 5.70. The smallest absolute Gasteiger partial charge is 0.311 e. The van der Waals surface area contributed by atoms with E-state index in [1.165, 1.54) is 11.0 Å². The van der Waals surface area contributed by atoms with Crippen LogP contribution in [0.5, 0.6) is 0 Å². The van der Waals surface area contributed by atoms with Crippen molar-refractivity contribution in [1.29, 1.82) is 0 Å². The standard InChI is InChI=1S/C16H17F3INO2/c1-2-4-12(20)15(23)21-8-3-5-14(22)11-7-6-10(9-13(11)21)16(17,18)19/h6-7,9,12H,2-5,8H2,1H3. The Bertz CT molecular complexity index is 616. The van der Waals surface area contributed by atoms with Crippen molar-refractivity contribution in [2.45, 2.75) is 42.7 Å². The summed E-state index contributed by atoms with van der Waals surface area (Å²) in [6, 6.07) is 3.01. The second kappa shape index (κ2) is 7.19. The summed E-state index contributed by atoms with van der Waals surface area (Å²) in [6.07, 6.45) is -2.36. The lowest BCUT2D eigenvalue weighted by atomic mass is 10.0. The highest BCUT2D eigenvalue weighted by Crippen LogP contribution is 2.36. The molecule has 0 spiro atoms. The van der Waals surface area contributed by atoms with Crippen LogP contribution in [0.2, 0.25) is 0 Å². The van der Waals surface area contributed by atoms with E-state index in [2.05, 4.69) is 0 Å². The zero-order valence-electron chi connectivity index (χ0n) is 12.6. The third-order valence-corrected chi connectivity index (χ3v) is 4.93. The van der Waals surface area contributed by atoms with Gasteiger partial charge in [0.05, 0.1) is 15.2 Å². The van der Waals surface area contributed by atoms with Gasteiger partial charge < -0.3 is 4.90 Å². The number of Topliss-reactive ketones (excluding diaryl/α,β-unsaturated/α-hetero) is 1. The lowest BCUT2D eigenvalue weighted by molar-refractivity contribution is -0.137. The average Bonchev–Trinajstić information content (AvgIpc) is 2.65. The summed E-state index contributed by atoms with van der Waals surface area (Å²) in [5.41, 5.74) is -0.557. The van der Waals surface area contributed by atoms with Crippen LogP contribution in [0.1, 0.15) is 48.5 Å². The van der Waals surface area contributed by atoms with E-state index in [1.54, 1.807) is 0 Å². The van der Waals surface area contributed by atoms with Crippen molar-refractivity contribution >= 4 is 40.0 Å². The molecule has 0 fully saturated rings. The van der Waals surface area contributed by atoms with Crippen molar-refractivity contribution in [2.24, 2.45) is 0 Å². The van der Waals surface area contributed by atoms with Crippen molar-refractivity contribution in [3.63, 3.8) is 0 Å². The number of hydrogen-bond donors (Lipinski definition) is 0. The molecule has 1 aromatic carbocycles. The SMILES string of the molecule is CCCC(I)C(=O)N1CCCC(=O)c2ccc(C(F)(F)F)cc21. The van der Waals surface area contributed by atoms with E-state index < -0.39 is 11.7 Å². The third-order valence-electron chi connectivity index (χ3n) is 3.78. The van der Waals surface area contributed by atoms with Gasteiger partial charge >= 0.3 is 6.18 Å². The number of alkyl halides is 4. The Hall–Kier alpha value is -1.12. The fraction of sp³-hybridized carbons (Fsp3) is 0.500. The lowest BCUT2D eigenvalue weighted by Crippen LogP contribution is -2.37. The molecule has 23 heavy (non-hydrogen) atoms. The van der Waals surface area contributed by atoms with Crippen LogP contribution in [0.25, 0.3) is 0 Å². The molecule has 0 aliphatic carbocycles. The van der Waals surface area contributed by atoms with Crippen LogP contribution in [0.15, 0.2) is 18.2 Å². The van der Waals surface area contributed by atoms with E-state index in [1.807, 2.05) is 29.5 Å². The predicted octanol–water partition coefficient (Wildman–Crippen LogP) is 4.62. The van der Waals surface area contributed by atoms with Gasteiger partial charge in [-0.3, -0.25) is 9.59 Å². The van der Waals surface area contributed by atoms with E-state index in [-0.39, 0.29) is 39.8 Å². The van der Waals surface area contributed by atoms with Crippen molar-refractivity contribution in [3.05, 3.63) is 29.3 Å². The first kappa shape index (κ1) is 18.2. The minimum absolute atomic E-state index is 0.0881. The molecule has 0 radical (unpaired) electrons. The number of benzene rings is 1. The quantitative estimate of drug-likeness (QED) is 0.510. The van der Waals surface area contributed by atoms with Gasteiger partial charge in [0.15, 0.2) is 5.78 Å². The van der Waals surface area contributed by atoms with E-state index >= 15 is 0 Å². The highest BCUT2D eigenvalue weighted by atomic mass is 127.